The second-order valence-corrected chi connectivity index (χ2v) is 14.7. The van der Waals surface area contributed by atoms with Crippen molar-refractivity contribution in [3.63, 3.8) is 0 Å². The SMILES string of the molecule is Cc1ccc(-c2c3nc(c(-c4ccc(C)cc4)c4ccc([nH]4)c(-c4ccc(C)cc4)c4cc([nH]/c4=C\[N+](=O)[O-])c(-c4ccc(C)cc4)c4ccc2[nH]4)C=C3)cc1. The number of aromatic amines is 3. The molecule has 4 aromatic carbocycles. The molecule has 3 N–H and O–H groups in total. The summed E-state index contributed by atoms with van der Waals surface area (Å²) >= 11 is 0. The van der Waals surface area contributed by atoms with Gasteiger partial charge in [-0.3, -0.25) is 10.1 Å². The molecule has 7 nitrogen and oxygen atoms in total. The molecule has 8 bridgehead atoms. The maximum atomic E-state index is 12.3. The van der Waals surface area contributed by atoms with Crippen LogP contribution in [0.25, 0.3) is 95.8 Å². The predicted molar refractivity (Wildman–Crippen MR) is 231 cm³/mol. The lowest BCUT2D eigenvalue weighted by molar-refractivity contribution is -0.363. The number of rotatable bonds is 5. The number of nitro groups is 1. The van der Waals surface area contributed by atoms with Crippen LogP contribution in [0.4, 0.5) is 0 Å². The van der Waals surface area contributed by atoms with E-state index in [1.807, 2.05) is 6.07 Å². The summed E-state index contributed by atoms with van der Waals surface area (Å²) in [6, 6.07) is 44.1. The van der Waals surface area contributed by atoms with Crippen molar-refractivity contribution in [2.45, 2.75) is 27.7 Å². The van der Waals surface area contributed by atoms with Crippen LogP contribution in [0.1, 0.15) is 33.6 Å². The molecule has 5 heterocycles. The smallest absolute Gasteiger partial charge is 0.258 e. The zero-order chi connectivity index (χ0) is 38.5. The van der Waals surface area contributed by atoms with Crippen LogP contribution in [0.5, 0.6) is 0 Å². The Morgan fingerprint density at radius 1 is 0.464 bits per heavy atom. The van der Waals surface area contributed by atoms with E-state index in [2.05, 4.69) is 176 Å². The second-order valence-electron chi connectivity index (χ2n) is 14.7. The van der Waals surface area contributed by atoms with Crippen molar-refractivity contribution in [2.75, 3.05) is 0 Å². The van der Waals surface area contributed by atoms with Gasteiger partial charge in [0.2, 0.25) is 0 Å². The Balaban J connectivity index is 1.53. The Kier molecular flexibility index (Phi) is 8.55. The molecule has 0 amide bonds. The van der Waals surface area contributed by atoms with Crippen LogP contribution in [-0.4, -0.2) is 24.9 Å². The van der Waals surface area contributed by atoms with Crippen molar-refractivity contribution >= 4 is 51.3 Å². The summed E-state index contributed by atoms with van der Waals surface area (Å²) in [7, 11) is 0. The molecule has 0 spiro atoms. The van der Waals surface area contributed by atoms with E-state index in [1.54, 1.807) is 0 Å². The van der Waals surface area contributed by atoms with Gasteiger partial charge in [0.25, 0.3) is 6.20 Å². The third-order valence-corrected chi connectivity index (χ3v) is 10.6. The quantitative estimate of drug-likeness (QED) is 0.121. The van der Waals surface area contributed by atoms with E-state index in [-0.39, 0.29) is 0 Å². The number of hydrogen-bond acceptors (Lipinski definition) is 3. The first-order valence-corrected chi connectivity index (χ1v) is 18.7. The van der Waals surface area contributed by atoms with Gasteiger partial charge in [-0.15, -0.1) is 0 Å². The maximum absolute atomic E-state index is 12.3. The van der Waals surface area contributed by atoms with Gasteiger partial charge >= 0.3 is 0 Å². The molecular formula is C49H39N5O2. The first-order chi connectivity index (χ1) is 27.2. The molecule has 4 aromatic heterocycles. The van der Waals surface area contributed by atoms with Gasteiger partial charge in [0.15, 0.2) is 0 Å². The molecule has 7 heteroatoms. The largest absolute Gasteiger partial charge is 0.354 e. The monoisotopic (exact) mass is 729 g/mol. The fraction of sp³-hybridized carbons (Fsp3) is 0.0816. The van der Waals surface area contributed by atoms with Crippen LogP contribution in [0.15, 0.2) is 127 Å². The van der Waals surface area contributed by atoms with Crippen LogP contribution >= 0.6 is 0 Å². The molecule has 0 saturated carbocycles. The Hall–Kier alpha value is -7.25. The van der Waals surface area contributed by atoms with Crippen molar-refractivity contribution in [2.24, 2.45) is 0 Å². The summed E-state index contributed by atoms with van der Waals surface area (Å²) in [5.41, 5.74) is 18.1. The highest BCUT2D eigenvalue weighted by Gasteiger charge is 2.18. The lowest BCUT2D eigenvalue weighted by Gasteiger charge is -2.07. The number of fused-ring (bicyclic) bond motifs is 8. The van der Waals surface area contributed by atoms with E-state index < -0.39 is 4.92 Å². The highest BCUT2D eigenvalue weighted by Crippen LogP contribution is 2.37. The summed E-state index contributed by atoms with van der Waals surface area (Å²) in [5, 5.41) is 13.4. The normalized spacial score (nSPS) is 12.1. The van der Waals surface area contributed by atoms with Gasteiger partial charge in [0.1, 0.15) is 5.35 Å². The fourth-order valence-corrected chi connectivity index (χ4v) is 7.71. The molecule has 0 aliphatic carbocycles. The summed E-state index contributed by atoms with van der Waals surface area (Å²) in [6.07, 6.45) is 5.27. The van der Waals surface area contributed by atoms with Gasteiger partial charge in [-0.1, -0.05) is 119 Å². The van der Waals surface area contributed by atoms with Gasteiger partial charge in [-0.2, -0.15) is 0 Å². The van der Waals surface area contributed by atoms with Gasteiger partial charge < -0.3 is 15.0 Å². The zero-order valence-electron chi connectivity index (χ0n) is 31.6. The number of aryl methyl sites for hydroxylation is 4. The molecule has 272 valence electrons. The molecule has 9 rings (SSSR count). The van der Waals surface area contributed by atoms with Gasteiger partial charge in [-0.05, 0) is 92.4 Å². The Labute approximate surface area is 323 Å². The van der Waals surface area contributed by atoms with Crippen molar-refractivity contribution in [1.29, 1.82) is 0 Å². The minimum atomic E-state index is -0.392. The molecule has 56 heavy (non-hydrogen) atoms. The van der Waals surface area contributed by atoms with E-state index in [4.69, 9.17) is 4.98 Å². The molecule has 8 aromatic rings. The van der Waals surface area contributed by atoms with Gasteiger partial charge in [0, 0.05) is 55.2 Å². The van der Waals surface area contributed by atoms with Gasteiger partial charge in [-0.25, -0.2) is 4.98 Å². The van der Waals surface area contributed by atoms with E-state index in [0.717, 1.165) is 106 Å². The first-order valence-electron chi connectivity index (χ1n) is 18.7. The molecule has 1 aliphatic rings. The summed E-state index contributed by atoms with van der Waals surface area (Å²) in [5.74, 6) is 0. The number of hydrogen-bond donors (Lipinski definition) is 3. The number of aromatic nitrogens is 4. The second kappa shape index (κ2) is 13.9. The molecule has 0 unspecified atom stereocenters. The predicted octanol–water partition coefficient (Wildman–Crippen LogP) is 11.9. The van der Waals surface area contributed by atoms with E-state index in [9.17, 15) is 10.1 Å². The Morgan fingerprint density at radius 2 is 0.821 bits per heavy atom. The average Bonchev–Trinajstić information content (AvgIpc) is 4.02. The van der Waals surface area contributed by atoms with E-state index in [1.165, 1.54) is 5.56 Å². The Morgan fingerprint density at radius 3 is 1.23 bits per heavy atom. The molecule has 1 aliphatic heterocycles. The minimum Gasteiger partial charge on any atom is -0.354 e. The summed E-state index contributed by atoms with van der Waals surface area (Å²) in [6.45, 7) is 8.30. The van der Waals surface area contributed by atoms with Crippen LogP contribution in [0.2, 0.25) is 0 Å². The van der Waals surface area contributed by atoms with E-state index >= 15 is 0 Å². The fourth-order valence-electron chi connectivity index (χ4n) is 7.71. The van der Waals surface area contributed by atoms with Crippen molar-refractivity contribution < 1.29 is 4.92 Å². The van der Waals surface area contributed by atoms with Crippen LogP contribution in [-0.2, 0) is 0 Å². The molecule has 0 radical (unpaired) electrons. The standard InChI is InChI=1S/C49H39N5O2/c1-29-5-13-33(14-6-29)46-37-27-44(53-45(37)28-54(55)56)49(36-19-11-32(4)12-20-36)43-26-25-42(52-43)48(35-17-9-31(3)10-18-35)41-24-23-40(51-41)47(39-22-21-38(46)50-39)34-15-7-30(2)8-16-34/h5-28,50,52-53H,1-4H3/b45-28-,46-37?,46-38?,47-39?,47-40?,48-41?,48-42?,49-43?,49-44?. The molecule has 0 atom stereocenters. The molecular weight excluding hydrogens is 691 g/mol. The van der Waals surface area contributed by atoms with Gasteiger partial charge in [0.05, 0.1) is 16.3 Å². The molecule has 0 fully saturated rings. The van der Waals surface area contributed by atoms with Crippen LogP contribution < -0.4 is 5.35 Å². The number of H-pyrrole nitrogens is 3. The highest BCUT2D eigenvalue weighted by molar-refractivity contribution is 6.03. The van der Waals surface area contributed by atoms with Crippen molar-refractivity contribution in [3.8, 4) is 44.5 Å². The number of nitrogens with one attached hydrogen (secondary N) is 3. The third-order valence-electron chi connectivity index (χ3n) is 10.6. The third kappa shape index (κ3) is 6.39. The molecule has 0 saturated heterocycles. The summed E-state index contributed by atoms with van der Waals surface area (Å²) < 4.78 is 0. The minimum absolute atomic E-state index is 0.392. The summed E-state index contributed by atoms with van der Waals surface area (Å²) in [4.78, 5) is 28.4. The number of benzene rings is 4. The first kappa shape index (κ1) is 34.5. The zero-order valence-corrected chi connectivity index (χ0v) is 31.6. The Bertz CT molecular complexity index is 3050. The van der Waals surface area contributed by atoms with E-state index in [0.29, 0.717) is 10.7 Å². The maximum Gasteiger partial charge on any atom is 0.258 e. The van der Waals surface area contributed by atoms with Crippen LogP contribution in [0.3, 0.4) is 0 Å². The topological polar surface area (TPSA) is 103 Å². The lowest BCUT2D eigenvalue weighted by Crippen LogP contribution is -2.06. The van der Waals surface area contributed by atoms with Crippen LogP contribution in [0, 0.1) is 37.8 Å². The van der Waals surface area contributed by atoms with Crippen molar-refractivity contribution in [1.82, 2.24) is 19.9 Å². The highest BCUT2D eigenvalue weighted by atomic mass is 16.6. The average molecular weight is 730 g/mol. The number of nitrogens with zero attached hydrogens (tertiary/aromatic N) is 2. The van der Waals surface area contributed by atoms with Crippen molar-refractivity contribution in [3.05, 3.63) is 176 Å². The lowest BCUT2D eigenvalue weighted by atomic mass is 10.0.